The molecule has 1 fully saturated rings. The molecule has 0 aliphatic carbocycles. The largest absolute Gasteiger partial charge is 0.409 e. The molecule has 3 N–H and O–H groups in total. The topological polar surface area (TPSA) is 87.6 Å². The van der Waals surface area contributed by atoms with Gasteiger partial charge in [0, 0.05) is 24.1 Å². The number of aryl methyl sites for hydroxylation is 1. The zero-order valence-electron chi connectivity index (χ0n) is 11.4. The molecule has 1 saturated heterocycles. The van der Waals surface area contributed by atoms with Gasteiger partial charge in [-0.05, 0) is 26.3 Å². The molecule has 1 aliphatic heterocycles. The molecule has 1 atom stereocenters. The van der Waals surface area contributed by atoms with E-state index in [0.29, 0.717) is 17.4 Å². The van der Waals surface area contributed by atoms with E-state index in [-0.39, 0.29) is 5.84 Å². The highest BCUT2D eigenvalue weighted by Crippen LogP contribution is 2.27. The molecule has 6 nitrogen and oxygen atoms in total. The molecule has 0 spiro atoms. The number of nitrogens with two attached hydrogens (primary N) is 1. The third-order valence-electron chi connectivity index (χ3n) is 3.44. The van der Waals surface area contributed by atoms with E-state index in [1.54, 1.807) is 0 Å². The van der Waals surface area contributed by atoms with Crippen molar-refractivity contribution in [2.75, 3.05) is 23.0 Å². The molecule has 1 aromatic heterocycles. The number of hydrogen-bond acceptors (Lipinski definition) is 6. The van der Waals surface area contributed by atoms with Crippen molar-refractivity contribution >= 4 is 23.4 Å². The number of hydrogen-bond donors (Lipinski definition) is 2. The van der Waals surface area contributed by atoms with Crippen LogP contribution in [0.1, 0.15) is 23.7 Å². The highest BCUT2D eigenvalue weighted by Gasteiger charge is 2.26. The van der Waals surface area contributed by atoms with Crippen LogP contribution in [0.2, 0.25) is 0 Å². The lowest BCUT2D eigenvalue weighted by atomic mass is 10.1. The van der Waals surface area contributed by atoms with Gasteiger partial charge in [-0.25, -0.2) is 0 Å². The Hall–Kier alpha value is -1.50. The van der Waals surface area contributed by atoms with Crippen molar-refractivity contribution in [3.63, 3.8) is 0 Å². The number of thioether (sulfide) groups is 1. The van der Waals surface area contributed by atoms with Crippen LogP contribution >= 0.6 is 11.8 Å². The fourth-order valence-corrected chi connectivity index (χ4v) is 3.21. The van der Waals surface area contributed by atoms with Gasteiger partial charge in [-0.15, -0.1) is 5.10 Å². The molecule has 7 heteroatoms. The van der Waals surface area contributed by atoms with E-state index in [0.717, 1.165) is 29.3 Å². The van der Waals surface area contributed by atoms with Crippen LogP contribution < -0.4 is 10.6 Å². The molecule has 104 valence electrons. The van der Waals surface area contributed by atoms with Crippen LogP contribution in [-0.4, -0.2) is 45.3 Å². The highest BCUT2D eigenvalue weighted by molar-refractivity contribution is 7.99. The first kappa shape index (κ1) is 13.9. The Bertz CT molecular complexity index is 505. The molecule has 19 heavy (non-hydrogen) atoms. The van der Waals surface area contributed by atoms with Crippen LogP contribution in [-0.2, 0) is 0 Å². The van der Waals surface area contributed by atoms with E-state index < -0.39 is 0 Å². The quantitative estimate of drug-likeness (QED) is 0.366. The second kappa shape index (κ2) is 5.64. The summed E-state index contributed by atoms with van der Waals surface area (Å²) in [7, 11) is 0. The fraction of sp³-hybridized carbons (Fsp3) is 0.583. The first-order chi connectivity index (χ1) is 9.06. The average molecular weight is 281 g/mol. The number of amidine groups is 1. The summed E-state index contributed by atoms with van der Waals surface area (Å²) in [6.07, 6.45) is 0. The lowest BCUT2D eigenvalue weighted by Gasteiger charge is -2.35. The zero-order valence-corrected chi connectivity index (χ0v) is 12.2. The molecule has 0 saturated carbocycles. The van der Waals surface area contributed by atoms with Crippen LogP contribution in [0.15, 0.2) is 5.16 Å². The zero-order chi connectivity index (χ0) is 14.0. The van der Waals surface area contributed by atoms with Gasteiger partial charge in [-0.2, -0.15) is 16.9 Å². The van der Waals surface area contributed by atoms with Gasteiger partial charge in [-0.3, -0.25) is 0 Å². The second-order valence-corrected chi connectivity index (χ2v) is 5.86. The Morgan fingerprint density at radius 2 is 2.21 bits per heavy atom. The van der Waals surface area contributed by atoms with Crippen molar-refractivity contribution in [3.05, 3.63) is 16.8 Å². The van der Waals surface area contributed by atoms with Gasteiger partial charge < -0.3 is 15.8 Å². The predicted octanol–water partition coefficient (Wildman–Crippen LogP) is 1.13. The summed E-state index contributed by atoms with van der Waals surface area (Å²) >= 11 is 1.93. The van der Waals surface area contributed by atoms with Gasteiger partial charge in [-0.1, -0.05) is 5.16 Å². The third-order valence-corrected chi connectivity index (χ3v) is 4.63. The Labute approximate surface area is 117 Å². The lowest BCUT2D eigenvalue weighted by Crippen LogP contribution is -2.42. The summed E-state index contributed by atoms with van der Waals surface area (Å²) in [5.41, 5.74) is 8.21. The summed E-state index contributed by atoms with van der Waals surface area (Å²) < 4.78 is 0. The molecule has 0 aromatic carbocycles. The second-order valence-electron chi connectivity index (χ2n) is 4.71. The molecule has 1 aliphatic rings. The molecule has 2 rings (SSSR count). The maximum absolute atomic E-state index is 8.98. The van der Waals surface area contributed by atoms with Gasteiger partial charge in [0.2, 0.25) is 0 Å². The van der Waals surface area contributed by atoms with Gasteiger partial charge in [0.25, 0.3) is 0 Å². The maximum Gasteiger partial charge on any atom is 0.174 e. The van der Waals surface area contributed by atoms with Crippen LogP contribution in [0.3, 0.4) is 0 Å². The molecule has 1 unspecified atom stereocenters. The number of oxime groups is 1. The Kier molecular flexibility index (Phi) is 4.14. The fourth-order valence-electron chi connectivity index (χ4n) is 2.20. The summed E-state index contributed by atoms with van der Waals surface area (Å²) in [6, 6.07) is 0.361. The van der Waals surface area contributed by atoms with Gasteiger partial charge in [0.1, 0.15) is 0 Å². The van der Waals surface area contributed by atoms with Crippen molar-refractivity contribution in [2.45, 2.75) is 26.8 Å². The van der Waals surface area contributed by atoms with Crippen molar-refractivity contribution in [1.82, 2.24) is 10.2 Å². The maximum atomic E-state index is 8.98. The standard InChI is InChI=1S/C12H19N5OS/c1-7-6-19-5-4-17(7)12-10(11(13)16-18)8(2)9(3)14-15-12/h7,18H,4-6H2,1-3H3,(H2,13,16). The minimum atomic E-state index is 0.0935. The number of rotatable bonds is 2. The Morgan fingerprint density at radius 3 is 2.84 bits per heavy atom. The average Bonchev–Trinajstić information content (AvgIpc) is 2.42. The van der Waals surface area contributed by atoms with Crippen LogP contribution in [0, 0.1) is 13.8 Å². The van der Waals surface area contributed by atoms with Crippen LogP contribution in [0.25, 0.3) is 0 Å². The molecular formula is C12H19N5OS. The van der Waals surface area contributed by atoms with Gasteiger partial charge >= 0.3 is 0 Å². The van der Waals surface area contributed by atoms with Crippen molar-refractivity contribution < 1.29 is 5.21 Å². The monoisotopic (exact) mass is 281 g/mol. The van der Waals surface area contributed by atoms with E-state index in [1.165, 1.54) is 0 Å². The van der Waals surface area contributed by atoms with Crippen molar-refractivity contribution in [1.29, 1.82) is 0 Å². The van der Waals surface area contributed by atoms with Crippen LogP contribution in [0.4, 0.5) is 5.82 Å². The minimum absolute atomic E-state index is 0.0935. The number of anilines is 1. The highest BCUT2D eigenvalue weighted by atomic mass is 32.2. The lowest BCUT2D eigenvalue weighted by molar-refractivity contribution is 0.318. The van der Waals surface area contributed by atoms with E-state index in [9.17, 15) is 0 Å². The summed E-state index contributed by atoms with van der Waals surface area (Å²) in [6.45, 7) is 6.84. The van der Waals surface area contributed by atoms with Crippen molar-refractivity contribution in [3.8, 4) is 0 Å². The van der Waals surface area contributed by atoms with E-state index >= 15 is 0 Å². The molecule has 0 radical (unpaired) electrons. The van der Waals surface area contributed by atoms with E-state index in [4.69, 9.17) is 10.9 Å². The SMILES string of the molecule is Cc1nnc(N2CCSCC2C)c(C(N)=NO)c1C. The van der Waals surface area contributed by atoms with Crippen LogP contribution in [0.5, 0.6) is 0 Å². The Morgan fingerprint density at radius 1 is 1.47 bits per heavy atom. The first-order valence-electron chi connectivity index (χ1n) is 6.22. The normalized spacial score (nSPS) is 20.7. The van der Waals surface area contributed by atoms with E-state index in [2.05, 4.69) is 27.2 Å². The predicted molar refractivity (Wildman–Crippen MR) is 78.1 cm³/mol. The number of nitrogens with zero attached hydrogens (tertiary/aromatic N) is 4. The summed E-state index contributed by atoms with van der Waals surface area (Å²) in [5.74, 6) is 2.90. The molecule has 2 heterocycles. The first-order valence-corrected chi connectivity index (χ1v) is 7.38. The number of aromatic nitrogens is 2. The van der Waals surface area contributed by atoms with Crippen molar-refractivity contribution in [2.24, 2.45) is 10.9 Å². The molecule has 1 aromatic rings. The minimum Gasteiger partial charge on any atom is -0.409 e. The third kappa shape index (κ3) is 2.60. The van der Waals surface area contributed by atoms with E-state index in [1.807, 2.05) is 25.6 Å². The Balaban J connectivity index is 2.53. The molecule has 0 amide bonds. The van der Waals surface area contributed by atoms with Gasteiger partial charge in [0.15, 0.2) is 11.7 Å². The molecule has 0 bridgehead atoms. The summed E-state index contributed by atoms with van der Waals surface area (Å²) in [5, 5.41) is 20.6. The smallest absolute Gasteiger partial charge is 0.174 e. The van der Waals surface area contributed by atoms with Gasteiger partial charge in [0.05, 0.1) is 11.3 Å². The summed E-state index contributed by atoms with van der Waals surface area (Å²) in [4.78, 5) is 2.18. The molecular weight excluding hydrogens is 262 g/mol.